The van der Waals surface area contributed by atoms with Gasteiger partial charge in [0, 0.05) is 25.9 Å². The number of anilines is 1. The molecule has 0 unspecified atom stereocenters. The molecule has 13 heavy (non-hydrogen) atoms. The molecule has 0 saturated carbocycles. The fraction of sp³-hybridized carbons (Fsp3) is 0. The molecule has 2 N–H and O–H groups in total. The van der Waals surface area contributed by atoms with Gasteiger partial charge in [0.1, 0.15) is 0 Å². The minimum Gasteiger partial charge on any atom is -0.398 e. The maximum atomic E-state index is 10.7. The lowest BCUT2D eigenvalue weighted by atomic mass is 10.2. The van der Waals surface area contributed by atoms with Crippen molar-refractivity contribution in [1.82, 2.24) is 0 Å². The average molecular weight is 209 g/mol. The summed E-state index contributed by atoms with van der Waals surface area (Å²) < 4.78 is 0.935. The summed E-state index contributed by atoms with van der Waals surface area (Å²) in [6.45, 7) is 0. The molecule has 0 radical (unpaired) electrons. The lowest BCUT2D eigenvalue weighted by molar-refractivity contribution is 0.112. The van der Waals surface area contributed by atoms with E-state index in [1.54, 1.807) is 6.07 Å². The van der Waals surface area contributed by atoms with Crippen LogP contribution in [0.25, 0.3) is 10.1 Å². The quantitative estimate of drug-likeness (QED) is 0.560. The third-order valence-corrected chi connectivity index (χ3v) is 3.17. The first-order chi connectivity index (χ1) is 6.22. The Bertz CT molecular complexity index is 476. The van der Waals surface area contributed by atoms with E-state index in [1.807, 2.05) is 11.4 Å². The SMILES string of the molecule is Nc1csc2c(C=O)cc(S)cc12. The summed E-state index contributed by atoms with van der Waals surface area (Å²) in [5.41, 5.74) is 7.09. The Morgan fingerprint density at radius 3 is 2.92 bits per heavy atom. The highest BCUT2D eigenvalue weighted by atomic mass is 32.1. The Labute approximate surface area is 84.8 Å². The molecule has 2 aromatic rings. The molecular weight excluding hydrogens is 202 g/mol. The number of fused-ring (bicyclic) bond motifs is 1. The van der Waals surface area contributed by atoms with Gasteiger partial charge in [-0.25, -0.2) is 0 Å². The second-order valence-corrected chi connectivity index (χ2v) is 4.12. The minimum absolute atomic E-state index is 0.657. The number of carbonyl (C=O) groups is 1. The minimum atomic E-state index is 0.657. The molecule has 0 fully saturated rings. The zero-order valence-corrected chi connectivity index (χ0v) is 8.36. The predicted molar refractivity (Wildman–Crippen MR) is 58.9 cm³/mol. The molecule has 0 aliphatic carbocycles. The number of nitrogens with two attached hydrogens (primary N) is 1. The van der Waals surface area contributed by atoms with Gasteiger partial charge < -0.3 is 5.73 Å². The zero-order chi connectivity index (χ0) is 9.42. The van der Waals surface area contributed by atoms with Crippen molar-refractivity contribution >= 4 is 46.0 Å². The van der Waals surface area contributed by atoms with E-state index in [0.29, 0.717) is 11.3 Å². The van der Waals surface area contributed by atoms with Crippen molar-refractivity contribution in [2.24, 2.45) is 0 Å². The number of hydrogen-bond acceptors (Lipinski definition) is 4. The van der Waals surface area contributed by atoms with Crippen LogP contribution in [0.3, 0.4) is 0 Å². The van der Waals surface area contributed by atoms with Crippen LogP contribution in [0.4, 0.5) is 5.69 Å². The predicted octanol–water partition coefficient (Wildman–Crippen LogP) is 2.58. The number of benzene rings is 1. The van der Waals surface area contributed by atoms with E-state index in [-0.39, 0.29) is 0 Å². The highest BCUT2D eigenvalue weighted by Gasteiger charge is 2.06. The second kappa shape index (κ2) is 3.05. The van der Waals surface area contributed by atoms with E-state index >= 15 is 0 Å². The number of thiophene rings is 1. The standard InChI is InChI=1S/C9H7NOS2/c10-8-4-13-9-5(3-11)1-6(12)2-7(8)9/h1-4,12H,10H2. The maximum Gasteiger partial charge on any atom is 0.151 e. The Morgan fingerprint density at radius 2 is 2.23 bits per heavy atom. The van der Waals surface area contributed by atoms with Crippen LogP contribution in [0.5, 0.6) is 0 Å². The second-order valence-electron chi connectivity index (χ2n) is 2.72. The molecule has 2 nitrogen and oxygen atoms in total. The van der Waals surface area contributed by atoms with E-state index in [9.17, 15) is 4.79 Å². The molecule has 0 saturated heterocycles. The van der Waals surface area contributed by atoms with Crippen LogP contribution in [0.2, 0.25) is 0 Å². The fourth-order valence-corrected chi connectivity index (χ4v) is 2.44. The maximum absolute atomic E-state index is 10.7. The summed E-state index contributed by atoms with van der Waals surface area (Å²) in [6.07, 6.45) is 0.831. The van der Waals surface area contributed by atoms with Crippen LogP contribution in [0, 0.1) is 0 Å². The van der Waals surface area contributed by atoms with Gasteiger partial charge in [-0.15, -0.1) is 24.0 Å². The van der Waals surface area contributed by atoms with Gasteiger partial charge in [-0.1, -0.05) is 0 Å². The monoisotopic (exact) mass is 209 g/mol. The molecule has 0 spiro atoms. The Kier molecular flexibility index (Phi) is 2.01. The van der Waals surface area contributed by atoms with E-state index < -0.39 is 0 Å². The van der Waals surface area contributed by atoms with E-state index in [2.05, 4.69) is 12.6 Å². The van der Waals surface area contributed by atoms with E-state index in [1.165, 1.54) is 11.3 Å². The molecule has 2 rings (SSSR count). The van der Waals surface area contributed by atoms with Gasteiger partial charge in [0.25, 0.3) is 0 Å². The highest BCUT2D eigenvalue weighted by molar-refractivity contribution is 7.80. The first-order valence-corrected chi connectivity index (χ1v) is 5.00. The smallest absolute Gasteiger partial charge is 0.151 e. The van der Waals surface area contributed by atoms with Crippen molar-refractivity contribution in [3.05, 3.63) is 23.1 Å². The summed E-state index contributed by atoms with van der Waals surface area (Å²) in [4.78, 5) is 11.5. The molecule has 1 aromatic heterocycles. The summed E-state index contributed by atoms with van der Waals surface area (Å²) in [5, 5.41) is 2.75. The highest BCUT2D eigenvalue weighted by Crippen LogP contribution is 2.32. The summed E-state index contributed by atoms with van der Waals surface area (Å²) in [6, 6.07) is 3.62. The fourth-order valence-electron chi connectivity index (χ4n) is 1.25. The van der Waals surface area contributed by atoms with Crippen molar-refractivity contribution in [3.63, 3.8) is 0 Å². The van der Waals surface area contributed by atoms with Gasteiger partial charge in [0.15, 0.2) is 6.29 Å². The number of aldehydes is 1. The van der Waals surface area contributed by atoms with Crippen molar-refractivity contribution in [3.8, 4) is 0 Å². The summed E-state index contributed by atoms with van der Waals surface area (Å²) >= 11 is 5.68. The largest absolute Gasteiger partial charge is 0.398 e. The Balaban J connectivity index is 2.91. The normalized spacial score (nSPS) is 10.5. The first kappa shape index (κ1) is 8.59. The van der Waals surface area contributed by atoms with Gasteiger partial charge in [0.05, 0.1) is 5.69 Å². The van der Waals surface area contributed by atoms with Crippen molar-refractivity contribution < 1.29 is 4.79 Å². The van der Waals surface area contributed by atoms with Crippen LogP contribution in [-0.4, -0.2) is 6.29 Å². The van der Waals surface area contributed by atoms with Crippen LogP contribution < -0.4 is 5.73 Å². The van der Waals surface area contributed by atoms with Gasteiger partial charge in [-0.3, -0.25) is 4.79 Å². The number of thiol groups is 1. The van der Waals surface area contributed by atoms with Crippen molar-refractivity contribution in [1.29, 1.82) is 0 Å². The van der Waals surface area contributed by atoms with Gasteiger partial charge in [-0.2, -0.15) is 0 Å². The lowest BCUT2D eigenvalue weighted by Gasteiger charge is -1.97. The Morgan fingerprint density at radius 1 is 1.46 bits per heavy atom. The first-order valence-electron chi connectivity index (χ1n) is 3.67. The third-order valence-electron chi connectivity index (χ3n) is 1.84. The Hall–Kier alpha value is -1.00. The molecule has 0 atom stereocenters. The third kappa shape index (κ3) is 1.32. The van der Waals surface area contributed by atoms with Gasteiger partial charge in [-0.05, 0) is 12.1 Å². The van der Waals surface area contributed by atoms with Crippen LogP contribution in [-0.2, 0) is 0 Å². The molecule has 0 aliphatic rings. The van der Waals surface area contributed by atoms with Gasteiger partial charge >= 0.3 is 0 Å². The lowest BCUT2D eigenvalue weighted by Crippen LogP contribution is -1.84. The molecular formula is C9H7NOS2. The molecule has 66 valence electrons. The average Bonchev–Trinajstić information content (AvgIpc) is 2.47. The van der Waals surface area contributed by atoms with Crippen LogP contribution >= 0.6 is 24.0 Å². The summed E-state index contributed by atoms with van der Waals surface area (Å²) in [7, 11) is 0. The topological polar surface area (TPSA) is 43.1 Å². The van der Waals surface area contributed by atoms with E-state index in [4.69, 9.17) is 5.73 Å². The number of carbonyl (C=O) groups excluding carboxylic acids is 1. The van der Waals surface area contributed by atoms with Crippen LogP contribution in [0.1, 0.15) is 10.4 Å². The van der Waals surface area contributed by atoms with Crippen molar-refractivity contribution in [2.45, 2.75) is 4.90 Å². The van der Waals surface area contributed by atoms with Crippen molar-refractivity contribution in [2.75, 3.05) is 5.73 Å². The molecule has 4 heteroatoms. The summed E-state index contributed by atoms with van der Waals surface area (Å²) in [5.74, 6) is 0. The number of nitrogen functional groups attached to an aromatic ring is 1. The zero-order valence-electron chi connectivity index (χ0n) is 6.65. The number of rotatable bonds is 1. The van der Waals surface area contributed by atoms with Gasteiger partial charge in [0.2, 0.25) is 0 Å². The van der Waals surface area contributed by atoms with E-state index in [0.717, 1.165) is 21.3 Å². The molecule has 1 heterocycles. The van der Waals surface area contributed by atoms with Crippen LogP contribution in [0.15, 0.2) is 22.4 Å². The number of hydrogen-bond donors (Lipinski definition) is 2. The molecule has 0 aliphatic heterocycles. The molecule has 0 bridgehead atoms. The molecule has 0 amide bonds. The molecule has 1 aromatic carbocycles.